The summed E-state index contributed by atoms with van der Waals surface area (Å²) >= 11 is 1.17. The number of guanidine groups is 1. The van der Waals surface area contributed by atoms with Gasteiger partial charge in [-0.1, -0.05) is 30.3 Å². The quantitative estimate of drug-likeness (QED) is 0.487. The molecule has 2 unspecified atom stereocenters. The van der Waals surface area contributed by atoms with Crippen LogP contribution in [0.15, 0.2) is 51.7 Å². The molecule has 1 aliphatic heterocycles. The number of hydrogen-bond acceptors (Lipinski definition) is 5. The zero-order valence-corrected chi connectivity index (χ0v) is 17.8. The Morgan fingerprint density at radius 3 is 2.68 bits per heavy atom. The van der Waals surface area contributed by atoms with E-state index in [4.69, 9.17) is 5.14 Å². The summed E-state index contributed by atoms with van der Waals surface area (Å²) in [6.45, 7) is 4.64. The normalized spacial score (nSPS) is 21.0. The van der Waals surface area contributed by atoms with Crippen molar-refractivity contribution >= 4 is 27.3 Å². The predicted molar refractivity (Wildman–Crippen MR) is 114 cm³/mol. The number of likely N-dealkylation sites (tertiary alicyclic amines) is 1. The lowest BCUT2D eigenvalue weighted by Gasteiger charge is -2.21. The minimum absolute atomic E-state index is 0.174. The fraction of sp³-hybridized carbons (Fsp3) is 0.421. The van der Waals surface area contributed by atoms with Gasteiger partial charge in [0.05, 0.1) is 6.54 Å². The molecule has 4 N–H and O–H groups in total. The molecule has 0 amide bonds. The number of rotatable bonds is 6. The van der Waals surface area contributed by atoms with Crippen molar-refractivity contribution < 1.29 is 8.42 Å². The maximum Gasteiger partial charge on any atom is 0.247 e. The fourth-order valence-corrected chi connectivity index (χ4v) is 5.12. The van der Waals surface area contributed by atoms with Crippen LogP contribution < -0.4 is 15.8 Å². The van der Waals surface area contributed by atoms with Crippen LogP contribution in [0.1, 0.15) is 23.8 Å². The number of sulfonamides is 1. The number of nitrogens with two attached hydrogens (primary N) is 1. The largest absolute Gasteiger partial charge is 0.352 e. The van der Waals surface area contributed by atoms with Gasteiger partial charge in [-0.15, -0.1) is 11.3 Å². The van der Waals surface area contributed by atoms with Crippen molar-refractivity contribution in [2.45, 2.75) is 42.7 Å². The van der Waals surface area contributed by atoms with Crippen LogP contribution in [-0.2, 0) is 23.1 Å². The molecule has 2 atom stereocenters. The average Bonchev–Trinajstić information content (AvgIpc) is 3.26. The first kappa shape index (κ1) is 20.8. The van der Waals surface area contributed by atoms with Gasteiger partial charge in [0.2, 0.25) is 10.0 Å². The van der Waals surface area contributed by atoms with Crippen LogP contribution in [0, 0.1) is 0 Å². The molecule has 1 aromatic carbocycles. The van der Waals surface area contributed by atoms with Crippen LogP contribution >= 0.6 is 11.3 Å². The molecule has 0 saturated carbocycles. The van der Waals surface area contributed by atoms with Gasteiger partial charge in [0.15, 0.2) is 5.96 Å². The second kappa shape index (κ2) is 9.04. The van der Waals surface area contributed by atoms with Gasteiger partial charge in [-0.25, -0.2) is 13.6 Å². The number of nitrogens with zero attached hydrogens (tertiary/aromatic N) is 2. The molecule has 28 heavy (non-hydrogen) atoms. The van der Waals surface area contributed by atoms with Crippen LogP contribution in [0.3, 0.4) is 0 Å². The summed E-state index contributed by atoms with van der Waals surface area (Å²) in [6.07, 6.45) is 1.04. The fourth-order valence-electron chi connectivity index (χ4n) is 3.41. The number of nitrogens with one attached hydrogen (secondary N) is 2. The van der Waals surface area contributed by atoms with Crippen LogP contribution in [0.2, 0.25) is 0 Å². The van der Waals surface area contributed by atoms with E-state index in [1.807, 2.05) is 6.07 Å². The second-order valence-electron chi connectivity index (χ2n) is 7.03. The molecule has 9 heteroatoms. The van der Waals surface area contributed by atoms with E-state index in [9.17, 15) is 8.42 Å². The highest BCUT2D eigenvalue weighted by Crippen LogP contribution is 2.21. The van der Waals surface area contributed by atoms with Gasteiger partial charge in [-0.3, -0.25) is 9.89 Å². The molecular formula is C19H27N5O2S2. The van der Waals surface area contributed by atoms with E-state index in [0.29, 0.717) is 24.6 Å². The summed E-state index contributed by atoms with van der Waals surface area (Å²) in [6, 6.07) is 14.6. The highest BCUT2D eigenvalue weighted by molar-refractivity contribution is 7.91. The molecule has 1 aromatic heterocycles. The van der Waals surface area contributed by atoms with Crippen LogP contribution in [0.25, 0.3) is 0 Å². The lowest BCUT2D eigenvalue weighted by Crippen LogP contribution is -2.44. The molecule has 0 radical (unpaired) electrons. The highest BCUT2D eigenvalue weighted by Gasteiger charge is 2.29. The number of thiophene rings is 1. The Morgan fingerprint density at radius 2 is 2.04 bits per heavy atom. The van der Waals surface area contributed by atoms with Gasteiger partial charge in [0.1, 0.15) is 4.21 Å². The standard InChI is InChI=1S/C19H27N5O2S2/c1-14-10-16(13-24(14)12-15-6-4-3-5-7-15)23-19(21-2)22-11-17-8-9-18(27-17)28(20,25)26/h3-9,14,16H,10-13H2,1-2H3,(H2,20,25,26)(H2,21,22,23). The average molecular weight is 422 g/mol. The Kier molecular flexibility index (Phi) is 6.71. The van der Waals surface area contributed by atoms with Crippen molar-refractivity contribution in [1.82, 2.24) is 15.5 Å². The summed E-state index contributed by atoms with van der Waals surface area (Å²) in [5, 5.41) is 11.9. The van der Waals surface area contributed by atoms with Gasteiger partial charge in [-0.05, 0) is 31.0 Å². The monoisotopic (exact) mass is 421 g/mol. The van der Waals surface area contributed by atoms with Crippen LogP contribution in [-0.4, -0.2) is 45.0 Å². The summed E-state index contributed by atoms with van der Waals surface area (Å²) in [4.78, 5) is 7.65. The molecular weight excluding hydrogens is 394 g/mol. The first-order valence-corrected chi connectivity index (χ1v) is 11.6. The number of hydrogen-bond donors (Lipinski definition) is 3. The molecule has 152 valence electrons. The molecule has 0 spiro atoms. The van der Waals surface area contributed by atoms with Crippen molar-refractivity contribution in [1.29, 1.82) is 0 Å². The van der Waals surface area contributed by atoms with E-state index in [0.717, 1.165) is 24.4 Å². The predicted octanol–water partition coefficient (Wildman–Crippen LogP) is 1.72. The Morgan fingerprint density at radius 1 is 1.29 bits per heavy atom. The maximum absolute atomic E-state index is 11.4. The topological polar surface area (TPSA) is 99.8 Å². The molecule has 0 aliphatic carbocycles. The van der Waals surface area contributed by atoms with E-state index >= 15 is 0 Å². The first-order valence-electron chi connectivity index (χ1n) is 9.22. The first-order chi connectivity index (χ1) is 13.3. The molecule has 1 aliphatic rings. The van der Waals surface area contributed by atoms with E-state index in [1.165, 1.54) is 23.0 Å². The van der Waals surface area contributed by atoms with E-state index in [2.05, 4.69) is 51.7 Å². The van der Waals surface area contributed by atoms with Crippen molar-refractivity contribution in [2.75, 3.05) is 13.6 Å². The minimum Gasteiger partial charge on any atom is -0.352 e. The Balaban J connectivity index is 1.51. The third kappa shape index (κ3) is 5.54. The van der Waals surface area contributed by atoms with Crippen LogP contribution in [0.4, 0.5) is 0 Å². The third-order valence-electron chi connectivity index (χ3n) is 4.84. The lowest BCUT2D eigenvalue weighted by molar-refractivity contribution is 0.258. The number of primary sulfonamides is 1. The maximum atomic E-state index is 11.4. The Bertz CT molecular complexity index is 911. The summed E-state index contributed by atoms with van der Waals surface area (Å²) in [5.41, 5.74) is 1.32. The summed E-state index contributed by atoms with van der Waals surface area (Å²) in [7, 11) is -1.91. The zero-order valence-electron chi connectivity index (χ0n) is 16.1. The van der Waals surface area contributed by atoms with Gasteiger partial charge in [-0.2, -0.15) is 0 Å². The number of benzene rings is 1. The SMILES string of the molecule is CN=C(NCc1ccc(S(N)(=O)=O)s1)NC1CC(C)N(Cc2ccccc2)C1. The molecule has 2 aromatic rings. The molecule has 1 saturated heterocycles. The van der Waals surface area contributed by atoms with E-state index < -0.39 is 10.0 Å². The van der Waals surface area contributed by atoms with Crippen LogP contribution in [0.5, 0.6) is 0 Å². The molecule has 3 rings (SSSR count). The van der Waals surface area contributed by atoms with Crippen molar-refractivity contribution in [2.24, 2.45) is 10.1 Å². The van der Waals surface area contributed by atoms with Gasteiger partial charge < -0.3 is 10.6 Å². The van der Waals surface area contributed by atoms with E-state index in [-0.39, 0.29) is 4.21 Å². The molecule has 2 heterocycles. The van der Waals surface area contributed by atoms with Crippen molar-refractivity contribution in [3.63, 3.8) is 0 Å². The number of aliphatic imine (C=N–C) groups is 1. The van der Waals surface area contributed by atoms with E-state index in [1.54, 1.807) is 13.1 Å². The highest BCUT2D eigenvalue weighted by atomic mass is 32.2. The van der Waals surface area contributed by atoms with Crippen molar-refractivity contribution in [3.05, 3.63) is 52.9 Å². The second-order valence-corrected chi connectivity index (χ2v) is 9.99. The summed E-state index contributed by atoms with van der Waals surface area (Å²) < 4.78 is 23.0. The van der Waals surface area contributed by atoms with Gasteiger partial charge >= 0.3 is 0 Å². The minimum atomic E-state index is -3.64. The molecule has 0 bridgehead atoms. The molecule has 1 fully saturated rings. The van der Waals surface area contributed by atoms with Gasteiger partial charge in [0.25, 0.3) is 0 Å². The Hall–Kier alpha value is -1.94. The third-order valence-corrected chi connectivity index (χ3v) is 7.37. The van der Waals surface area contributed by atoms with Crippen molar-refractivity contribution in [3.8, 4) is 0 Å². The van der Waals surface area contributed by atoms with Gasteiger partial charge in [0, 0.05) is 37.1 Å². The zero-order chi connectivity index (χ0) is 20.1. The lowest BCUT2D eigenvalue weighted by atomic mass is 10.2. The summed E-state index contributed by atoms with van der Waals surface area (Å²) in [5.74, 6) is 0.712. The smallest absolute Gasteiger partial charge is 0.247 e. The Labute approximate surface area is 170 Å². The molecule has 7 nitrogen and oxygen atoms in total.